The van der Waals surface area contributed by atoms with Crippen LogP contribution in [0, 0.1) is 0 Å². The van der Waals surface area contributed by atoms with Crippen molar-refractivity contribution in [2.24, 2.45) is 5.73 Å². The second-order valence-electron chi connectivity index (χ2n) is 4.16. The van der Waals surface area contributed by atoms with E-state index in [2.05, 4.69) is 23.9 Å². The normalized spacial score (nSPS) is 13.3. The van der Waals surface area contributed by atoms with E-state index < -0.39 is 0 Å². The Bertz CT molecular complexity index is 298. The van der Waals surface area contributed by atoms with Crippen LogP contribution in [0.5, 0.6) is 0 Å². The summed E-state index contributed by atoms with van der Waals surface area (Å²) in [6.07, 6.45) is 3.20. The number of aromatic nitrogens is 3. The highest BCUT2D eigenvalue weighted by atomic mass is 16.5. The Kier molecular flexibility index (Phi) is 5.42. The molecule has 1 rings (SSSR count). The van der Waals surface area contributed by atoms with Crippen LogP contribution in [-0.2, 0) is 11.2 Å². The summed E-state index contributed by atoms with van der Waals surface area (Å²) in [6.45, 7) is 7.62. The first-order valence-electron chi connectivity index (χ1n) is 5.86. The van der Waals surface area contributed by atoms with Gasteiger partial charge in [-0.1, -0.05) is 0 Å². The van der Waals surface area contributed by atoms with Crippen LogP contribution in [0.25, 0.3) is 0 Å². The standard InChI is InChI=1S/C11H22N4O/c1-4-16-6-5-10(12)7-11-13-8-14-15(11)9(2)3/h8-10H,4-7,12H2,1-3H3. The highest BCUT2D eigenvalue weighted by Gasteiger charge is 2.11. The van der Waals surface area contributed by atoms with Crippen molar-refractivity contribution >= 4 is 0 Å². The van der Waals surface area contributed by atoms with Crippen LogP contribution in [0.2, 0.25) is 0 Å². The van der Waals surface area contributed by atoms with Gasteiger partial charge >= 0.3 is 0 Å². The van der Waals surface area contributed by atoms with E-state index in [1.165, 1.54) is 0 Å². The maximum Gasteiger partial charge on any atom is 0.138 e. The van der Waals surface area contributed by atoms with Gasteiger partial charge in [0.25, 0.3) is 0 Å². The molecule has 1 unspecified atom stereocenters. The molecule has 0 bridgehead atoms. The number of ether oxygens (including phenoxy) is 1. The maximum atomic E-state index is 6.01. The van der Waals surface area contributed by atoms with Gasteiger partial charge in [-0.3, -0.25) is 0 Å². The fourth-order valence-electron chi connectivity index (χ4n) is 1.57. The third-order valence-electron chi connectivity index (χ3n) is 2.42. The molecule has 0 spiro atoms. The van der Waals surface area contributed by atoms with E-state index in [-0.39, 0.29) is 6.04 Å². The Morgan fingerprint density at radius 1 is 1.50 bits per heavy atom. The lowest BCUT2D eigenvalue weighted by molar-refractivity contribution is 0.139. The SMILES string of the molecule is CCOCCC(N)Cc1ncnn1C(C)C. The van der Waals surface area contributed by atoms with Gasteiger partial charge in [-0.05, 0) is 27.2 Å². The number of nitrogens with zero attached hydrogens (tertiary/aromatic N) is 3. The van der Waals surface area contributed by atoms with Gasteiger partial charge < -0.3 is 10.5 Å². The molecule has 1 heterocycles. The minimum Gasteiger partial charge on any atom is -0.382 e. The van der Waals surface area contributed by atoms with Crippen LogP contribution in [0.3, 0.4) is 0 Å². The molecule has 5 heteroatoms. The lowest BCUT2D eigenvalue weighted by atomic mass is 10.1. The highest BCUT2D eigenvalue weighted by Crippen LogP contribution is 2.07. The van der Waals surface area contributed by atoms with Gasteiger partial charge in [0.2, 0.25) is 0 Å². The molecule has 0 aliphatic rings. The zero-order valence-corrected chi connectivity index (χ0v) is 10.4. The summed E-state index contributed by atoms with van der Waals surface area (Å²) >= 11 is 0. The van der Waals surface area contributed by atoms with E-state index in [1.54, 1.807) is 6.33 Å². The topological polar surface area (TPSA) is 66.0 Å². The average molecular weight is 226 g/mol. The Morgan fingerprint density at radius 3 is 2.88 bits per heavy atom. The minimum absolute atomic E-state index is 0.0910. The summed E-state index contributed by atoms with van der Waals surface area (Å²) in [5, 5.41) is 4.18. The van der Waals surface area contributed by atoms with Gasteiger partial charge in [-0.15, -0.1) is 0 Å². The van der Waals surface area contributed by atoms with E-state index in [0.717, 1.165) is 25.3 Å². The van der Waals surface area contributed by atoms with Crippen molar-refractivity contribution in [3.8, 4) is 0 Å². The average Bonchev–Trinajstić information content (AvgIpc) is 2.66. The van der Waals surface area contributed by atoms with E-state index in [4.69, 9.17) is 10.5 Å². The Hall–Kier alpha value is -0.940. The fraction of sp³-hybridized carbons (Fsp3) is 0.818. The van der Waals surface area contributed by atoms with Crippen LogP contribution in [0.4, 0.5) is 0 Å². The predicted molar refractivity (Wildman–Crippen MR) is 63.2 cm³/mol. The quantitative estimate of drug-likeness (QED) is 0.708. The molecule has 1 atom stereocenters. The Balaban J connectivity index is 2.43. The van der Waals surface area contributed by atoms with Gasteiger partial charge in [-0.2, -0.15) is 5.10 Å². The number of hydrogen-bond acceptors (Lipinski definition) is 4. The fourth-order valence-corrected chi connectivity index (χ4v) is 1.57. The lowest BCUT2D eigenvalue weighted by Gasteiger charge is -2.13. The molecule has 0 fully saturated rings. The summed E-state index contributed by atoms with van der Waals surface area (Å²) in [4.78, 5) is 4.24. The first-order valence-corrected chi connectivity index (χ1v) is 5.86. The Labute approximate surface area is 97.0 Å². The van der Waals surface area contributed by atoms with Gasteiger partial charge in [0.15, 0.2) is 0 Å². The van der Waals surface area contributed by atoms with E-state index >= 15 is 0 Å². The van der Waals surface area contributed by atoms with Crippen LogP contribution < -0.4 is 5.73 Å². The molecule has 0 aromatic carbocycles. The van der Waals surface area contributed by atoms with E-state index in [1.807, 2.05) is 11.6 Å². The van der Waals surface area contributed by atoms with E-state index in [9.17, 15) is 0 Å². The summed E-state index contributed by atoms with van der Waals surface area (Å²) in [7, 11) is 0. The molecule has 92 valence electrons. The van der Waals surface area contributed by atoms with Gasteiger partial charge in [0.05, 0.1) is 0 Å². The molecule has 16 heavy (non-hydrogen) atoms. The summed E-state index contributed by atoms with van der Waals surface area (Å²) < 4.78 is 7.20. The van der Waals surface area contributed by atoms with Crippen molar-refractivity contribution in [2.75, 3.05) is 13.2 Å². The lowest BCUT2D eigenvalue weighted by Crippen LogP contribution is -2.27. The zero-order chi connectivity index (χ0) is 12.0. The third-order valence-corrected chi connectivity index (χ3v) is 2.42. The molecule has 0 aliphatic carbocycles. The second kappa shape index (κ2) is 6.60. The molecular formula is C11H22N4O. The molecule has 5 nitrogen and oxygen atoms in total. The van der Waals surface area contributed by atoms with Gasteiger partial charge in [-0.25, -0.2) is 9.67 Å². The largest absolute Gasteiger partial charge is 0.382 e. The second-order valence-corrected chi connectivity index (χ2v) is 4.16. The number of nitrogens with two attached hydrogens (primary N) is 1. The van der Waals surface area contributed by atoms with Crippen LogP contribution in [0.1, 0.15) is 39.1 Å². The maximum absolute atomic E-state index is 6.01. The van der Waals surface area contributed by atoms with E-state index in [0.29, 0.717) is 12.6 Å². The van der Waals surface area contributed by atoms with Crippen molar-refractivity contribution in [3.05, 3.63) is 12.2 Å². The molecule has 1 aromatic heterocycles. The molecule has 0 radical (unpaired) electrons. The van der Waals surface area contributed by atoms with Gasteiger partial charge in [0.1, 0.15) is 12.2 Å². The van der Waals surface area contributed by atoms with Crippen LogP contribution >= 0.6 is 0 Å². The minimum atomic E-state index is 0.0910. The van der Waals surface area contributed by atoms with Crippen molar-refractivity contribution in [2.45, 2.75) is 45.7 Å². The van der Waals surface area contributed by atoms with Crippen LogP contribution in [-0.4, -0.2) is 34.0 Å². The number of rotatable bonds is 7. The summed E-state index contributed by atoms with van der Waals surface area (Å²) in [5.41, 5.74) is 6.01. The monoisotopic (exact) mass is 226 g/mol. The molecule has 0 amide bonds. The zero-order valence-electron chi connectivity index (χ0n) is 10.4. The first kappa shape index (κ1) is 13.1. The summed E-state index contributed by atoms with van der Waals surface area (Å²) in [5.74, 6) is 0.957. The molecule has 0 saturated heterocycles. The van der Waals surface area contributed by atoms with Crippen molar-refractivity contribution in [1.82, 2.24) is 14.8 Å². The Morgan fingerprint density at radius 2 is 2.25 bits per heavy atom. The third kappa shape index (κ3) is 3.90. The highest BCUT2D eigenvalue weighted by molar-refractivity contribution is 4.90. The predicted octanol–water partition coefficient (Wildman–Crippen LogP) is 1.16. The summed E-state index contributed by atoms with van der Waals surface area (Å²) in [6, 6.07) is 0.421. The molecule has 1 aromatic rings. The molecule has 2 N–H and O–H groups in total. The van der Waals surface area contributed by atoms with Crippen molar-refractivity contribution < 1.29 is 4.74 Å². The first-order chi connectivity index (χ1) is 7.65. The molecule has 0 aliphatic heterocycles. The smallest absolute Gasteiger partial charge is 0.138 e. The molecule has 0 saturated carbocycles. The number of hydrogen-bond donors (Lipinski definition) is 1. The van der Waals surface area contributed by atoms with Crippen LogP contribution in [0.15, 0.2) is 6.33 Å². The van der Waals surface area contributed by atoms with Crippen molar-refractivity contribution in [1.29, 1.82) is 0 Å². The van der Waals surface area contributed by atoms with Crippen molar-refractivity contribution in [3.63, 3.8) is 0 Å². The molecular weight excluding hydrogens is 204 g/mol. The van der Waals surface area contributed by atoms with Gasteiger partial charge in [0, 0.05) is 31.7 Å².